The Hall–Kier alpha value is -1.36. The summed E-state index contributed by atoms with van der Waals surface area (Å²) in [5.41, 5.74) is 4.84. The topological polar surface area (TPSA) is 75.3 Å². The Morgan fingerprint density at radius 2 is 2.27 bits per heavy atom. The minimum absolute atomic E-state index is 0.419. The number of rotatable bonds is 1. The van der Waals surface area contributed by atoms with Crippen molar-refractivity contribution in [1.82, 2.24) is 10.2 Å². The molecule has 2 rings (SSSR count). The highest BCUT2D eigenvalue weighted by Crippen LogP contribution is 2.23. The molecule has 0 radical (unpaired) electrons. The number of aliphatic hydroxyl groups is 1. The lowest BCUT2D eigenvalue weighted by Crippen LogP contribution is -2.46. The van der Waals surface area contributed by atoms with Crippen molar-refractivity contribution in [3.05, 3.63) is 12.1 Å². The highest BCUT2D eigenvalue weighted by molar-refractivity contribution is 5.42. The molecule has 2 heterocycles. The van der Waals surface area contributed by atoms with Gasteiger partial charge in [0.15, 0.2) is 5.82 Å². The van der Waals surface area contributed by atoms with Crippen molar-refractivity contribution >= 4 is 11.6 Å². The molecule has 82 valence electrons. The Morgan fingerprint density at radius 1 is 1.47 bits per heavy atom. The van der Waals surface area contributed by atoms with Crippen molar-refractivity contribution < 1.29 is 5.11 Å². The maximum Gasteiger partial charge on any atom is 0.151 e. The molecule has 5 nitrogen and oxygen atoms in total. The van der Waals surface area contributed by atoms with Crippen molar-refractivity contribution in [3.8, 4) is 0 Å². The van der Waals surface area contributed by atoms with Gasteiger partial charge in [-0.15, -0.1) is 10.2 Å². The van der Waals surface area contributed by atoms with E-state index in [2.05, 4.69) is 10.2 Å². The molecular weight excluding hydrogens is 192 g/mol. The van der Waals surface area contributed by atoms with Crippen LogP contribution in [0, 0.1) is 0 Å². The molecule has 3 N–H and O–H groups in total. The largest absolute Gasteiger partial charge is 0.388 e. The van der Waals surface area contributed by atoms with E-state index >= 15 is 0 Å². The van der Waals surface area contributed by atoms with Crippen LogP contribution in [0.1, 0.15) is 19.8 Å². The van der Waals surface area contributed by atoms with E-state index in [1.807, 2.05) is 17.9 Å². The average molecular weight is 208 g/mol. The van der Waals surface area contributed by atoms with Crippen molar-refractivity contribution in [3.63, 3.8) is 0 Å². The second-order valence-corrected chi connectivity index (χ2v) is 4.34. The number of piperidine rings is 1. The van der Waals surface area contributed by atoms with Crippen LogP contribution >= 0.6 is 0 Å². The summed E-state index contributed by atoms with van der Waals surface area (Å²) in [5.74, 6) is 1.20. The third kappa shape index (κ3) is 2.36. The van der Waals surface area contributed by atoms with E-state index in [0.29, 0.717) is 12.4 Å². The van der Waals surface area contributed by atoms with Crippen LogP contribution in [0.25, 0.3) is 0 Å². The van der Waals surface area contributed by atoms with E-state index in [1.54, 1.807) is 6.07 Å². The van der Waals surface area contributed by atoms with Gasteiger partial charge in [-0.2, -0.15) is 0 Å². The van der Waals surface area contributed by atoms with Crippen molar-refractivity contribution in [2.24, 2.45) is 0 Å². The summed E-state index contributed by atoms with van der Waals surface area (Å²) in [6.07, 6.45) is 1.81. The zero-order chi connectivity index (χ0) is 10.9. The molecule has 0 aromatic carbocycles. The molecule has 1 saturated heterocycles. The number of β-amino-alcohol motifs (C(OH)–C–C–N with tert-alkyl or cyclic N) is 1. The fraction of sp³-hybridized carbons (Fsp3) is 0.600. The molecule has 1 aliphatic heterocycles. The first-order valence-corrected chi connectivity index (χ1v) is 5.13. The van der Waals surface area contributed by atoms with Crippen LogP contribution in [0.4, 0.5) is 11.6 Å². The smallest absolute Gasteiger partial charge is 0.151 e. The molecule has 1 aliphatic rings. The summed E-state index contributed by atoms with van der Waals surface area (Å²) in [7, 11) is 0. The lowest BCUT2D eigenvalue weighted by molar-refractivity contribution is 0.0446. The van der Waals surface area contributed by atoms with Gasteiger partial charge in [0.25, 0.3) is 0 Å². The lowest BCUT2D eigenvalue weighted by atomic mass is 9.95. The summed E-state index contributed by atoms with van der Waals surface area (Å²) < 4.78 is 0. The van der Waals surface area contributed by atoms with Gasteiger partial charge in [0, 0.05) is 13.1 Å². The Kier molecular flexibility index (Phi) is 2.48. The minimum atomic E-state index is -0.624. The summed E-state index contributed by atoms with van der Waals surface area (Å²) in [6, 6.07) is 3.56. The van der Waals surface area contributed by atoms with Crippen LogP contribution in [-0.4, -0.2) is 34.0 Å². The maximum absolute atomic E-state index is 9.95. The van der Waals surface area contributed by atoms with Gasteiger partial charge < -0.3 is 15.7 Å². The Morgan fingerprint density at radius 3 is 2.87 bits per heavy atom. The zero-order valence-corrected chi connectivity index (χ0v) is 8.85. The van der Waals surface area contributed by atoms with Crippen LogP contribution in [-0.2, 0) is 0 Å². The molecule has 1 fully saturated rings. The van der Waals surface area contributed by atoms with E-state index in [4.69, 9.17) is 5.73 Å². The number of hydrogen-bond acceptors (Lipinski definition) is 5. The van der Waals surface area contributed by atoms with Crippen molar-refractivity contribution in [1.29, 1.82) is 0 Å². The molecule has 5 heteroatoms. The summed E-state index contributed by atoms with van der Waals surface area (Å²) >= 11 is 0. The predicted molar refractivity (Wildman–Crippen MR) is 58.5 cm³/mol. The fourth-order valence-corrected chi connectivity index (χ4v) is 1.92. The highest BCUT2D eigenvalue weighted by atomic mass is 16.3. The van der Waals surface area contributed by atoms with Gasteiger partial charge in [-0.3, -0.25) is 0 Å². The Bertz CT molecular complexity index is 336. The van der Waals surface area contributed by atoms with Crippen LogP contribution in [0.2, 0.25) is 0 Å². The molecule has 0 saturated carbocycles. The van der Waals surface area contributed by atoms with Gasteiger partial charge >= 0.3 is 0 Å². The SMILES string of the molecule is CC1(O)CCCN(c2ccc(N)nn2)C1. The van der Waals surface area contributed by atoms with Crippen LogP contribution < -0.4 is 10.6 Å². The third-order valence-electron chi connectivity index (χ3n) is 2.67. The van der Waals surface area contributed by atoms with E-state index in [0.717, 1.165) is 25.2 Å². The molecule has 0 spiro atoms. The average Bonchev–Trinajstić information content (AvgIpc) is 2.17. The zero-order valence-electron chi connectivity index (χ0n) is 8.85. The van der Waals surface area contributed by atoms with Crippen LogP contribution in [0.3, 0.4) is 0 Å². The minimum Gasteiger partial charge on any atom is -0.388 e. The molecular formula is C10H16N4O. The maximum atomic E-state index is 9.95. The first-order chi connectivity index (χ1) is 7.07. The second kappa shape index (κ2) is 3.66. The third-order valence-corrected chi connectivity index (χ3v) is 2.67. The number of anilines is 2. The predicted octanol–water partition coefficient (Wildman–Crippen LogP) is 0.410. The molecule has 1 aromatic rings. The first-order valence-electron chi connectivity index (χ1n) is 5.13. The monoisotopic (exact) mass is 208 g/mol. The molecule has 1 atom stereocenters. The highest BCUT2D eigenvalue weighted by Gasteiger charge is 2.28. The molecule has 0 bridgehead atoms. The molecule has 1 unspecified atom stereocenters. The normalized spacial score (nSPS) is 26.7. The summed E-state index contributed by atoms with van der Waals surface area (Å²) in [4.78, 5) is 2.04. The number of nitrogens with zero attached hydrogens (tertiary/aromatic N) is 3. The van der Waals surface area contributed by atoms with Crippen LogP contribution in [0.15, 0.2) is 12.1 Å². The van der Waals surface area contributed by atoms with Gasteiger partial charge in [-0.25, -0.2) is 0 Å². The van der Waals surface area contributed by atoms with Gasteiger partial charge in [0.1, 0.15) is 5.82 Å². The van der Waals surface area contributed by atoms with E-state index < -0.39 is 5.60 Å². The van der Waals surface area contributed by atoms with Gasteiger partial charge in [0.2, 0.25) is 0 Å². The fourth-order valence-electron chi connectivity index (χ4n) is 1.92. The van der Waals surface area contributed by atoms with Gasteiger partial charge in [-0.05, 0) is 31.9 Å². The van der Waals surface area contributed by atoms with Crippen molar-refractivity contribution in [2.75, 3.05) is 23.7 Å². The quantitative estimate of drug-likeness (QED) is 0.699. The number of hydrogen-bond donors (Lipinski definition) is 2. The van der Waals surface area contributed by atoms with Gasteiger partial charge in [-0.1, -0.05) is 0 Å². The van der Waals surface area contributed by atoms with E-state index in [9.17, 15) is 5.11 Å². The molecule has 0 amide bonds. The molecule has 0 aliphatic carbocycles. The van der Waals surface area contributed by atoms with Crippen LogP contribution in [0.5, 0.6) is 0 Å². The second-order valence-electron chi connectivity index (χ2n) is 4.34. The van der Waals surface area contributed by atoms with E-state index in [-0.39, 0.29) is 0 Å². The molecule has 1 aromatic heterocycles. The first kappa shape index (κ1) is 10.2. The van der Waals surface area contributed by atoms with Crippen molar-refractivity contribution in [2.45, 2.75) is 25.4 Å². The lowest BCUT2D eigenvalue weighted by Gasteiger charge is -2.37. The Labute approximate surface area is 88.9 Å². The van der Waals surface area contributed by atoms with Gasteiger partial charge in [0.05, 0.1) is 5.60 Å². The number of nitrogen functional groups attached to an aromatic ring is 1. The number of nitrogens with two attached hydrogens (primary N) is 1. The van der Waals surface area contributed by atoms with E-state index in [1.165, 1.54) is 0 Å². The summed E-state index contributed by atoms with van der Waals surface area (Å²) in [6.45, 7) is 3.37. The number of aromatic nitrogens is 2. The standard InChI is InChI=1S/C10H16N4O/c1-10(15)5-2-6-14(7-10)9-4-3-8(11)12-13-9/h3-4,15H,2,5-7H2,1H3,(H2,11,12). The molecule has 15 heavy (non-hydrogen) atoms. The Balaban J connectivity index is 2.13. The summed E-state index contributed by atoms with van der Waals surface area (Å²) in [5, 5.41) is 17.8.